The Kier molecular flexibility index (Phi) is 4.10. The minimum Gasteiger partial charge on any atom is -0.353 e. The van der Waals surface area contributed by atoms with Crippen LogP contribution < -0.4 is 10.6 Å². The molecule has 2 N–H and O–H groups in total. The van der Waals surface area contributed by atoms with Crippen molar-refractivity contribution in [1.29, 1.82) is 0 Å². The minimum atomic E-state index is -0.830. The monoisotopic (exact) mass is 383 g/mol. The Morgan fingerprint density at radius 3 is 2.81 bits per heavy atom. The van der Waals surface area contributed by atoms with Crippen molar-refractivity contribution in [1.82, 2.24) is 15.5 Å². The summed E-state index contributed by atoms with van der Waals surface area (Å²) in [6.45, 7) is 2.41. The van der Waals surface area contributed by atoms with E-state index < -0.39 is 34.8 Å². The predicted molar refractivity (Wildman–Crippen MR) is 91.6 cm³/mol. The number of rotatable bonds is 3. The highest BCUT2D eigenvalue weighted by molar-refractivity contribution is 6.31. The third kappa shape index (κ3) is 2.82. The average Bonchev–Trinajstić information content (AvgIpc) is 3.53. The molecule has 0 radical (unpaired) electrons. The Morgan fingerprint density at radius 1 is 1.42 bits per heavy atom. The third-order valence-electron chi connectivity index (χ3n) is 5.99. The molecule has 0 bridgehead atoms. The fraction of sp³-hybridized carbons (Fsp3) is 0.556. The van der Waals surface area contributed by atoms with Crippen LogP contribution in [0.25, 0.3) is 0 Å². The van der Waals surface area contributed by atoms with Gasteiger partial charge in [0.25, 0.3) is 0 Å². The Bertz CT molecular complexity index is 784. The smallest absolute Gasteiger partial charge is 0.318 e. The van der Waals surface area contributed by atoms with Crippen LogP contribution in [0.4, 0.5) is 13.6 Å². The molecule has 1 saturated heterocycles. The Balaban J connectivity index is 1.60. The summed E-state index contributed by atoms with van der Waals surface area (Å²) in [5.41, 5.74) is 0.378. The van der Waals surface area contributed by atoms with Crippen LogP contribution >= 0.6 is 11.6 Å². The number of piperazine rings is 1. The van der Waals surface area contributed by atoms with Gasteiger partial charge in [0, 0.05) is 18.7 Å². The van der Waals surface area contributed by atoms with Crippen LogP contribution in [0.3, 0.4) is 0 Å². The van der Waals surface area contributed by atoms with Crippen molar-refractivity contribution < 1.29 is 18.4 Å². The van der Waals surface area contributed by atoms with Gasteiger partial charge in [0.15, 0.2) is 0 Å². The summed E-state index contributed by atoms with van der Waals surface area (Å²) in [7, 11) is 0. The van der Waals surface area contributed by atoms with Crippen LogP contribution in [0.1, 0.15) is 37.8 Å². The van der Waals surface area contributed by atoms with E-state index in [-0.39, 0.29) is 22.8 Å². The van der Waals surface area contributed by atoms with Crippen LogP contribution in [-0.4, -0.2) is 36.0 Å². The molecule has 0 aromatic heterocycles. The van der Waals surface area contributed by atoms with Gasteiger partial charge < -0.3 is 15.5 Å². The molecule has 3 amide bonds. The summed E-state index contributed by atoms with van der Waals surface area (Å²) in [5.74, 6) is -1.76. The van der Waals surface area contributed by atoms with Gasteiger partial charge in [-0.05, 0) is 43.6 Å². The van der Waals surface area contributed by atoms with Crippen molar-refractivity contribution >= 4 is 23.5 Å². The zero-order valence-corrected chi connectivity index (χ0v) is 15.1. The van der Waals surface area contributed by atoms with E-state index in [1.165, 1.54) is 11.0 Å². The molecule has 140 valence electrons. The molecule has 8 heteroatoms. The highest BCUT2D eigenvalue weighted by atomic mass is 35.5. The lowest BCUT2D eigenvalue weighted by atomic mass is 9.99. The molecular weight excluding hydrogens is 364 g/mol. The SMILES string of the molecule is C[C@@H]1C(=O)NCCN1C(=O)N[C@@H](c1ccc(F)c(Cl)c1F)[C@H]1CC12CC2. The van der Waals surface area contributed by atoms with Gasteiger partial charge in [0.05, 0.1) is 6.04 Å². The molecule has 1 aliphatic heterocycles. The Morgan fingerprint density at radius 2 is 2.15 bits per heavy atom. The molecular formula is C18H20ClF2N3O2. The molecule has 1 aromatic carbocycles. The van der Waals surface area contributed by atoms with Crippen LogP contribution in [0, 0.1) is 23.0 Å². The van der Waals surface area contributed by atoms with Gasteiger partial charge in [-0.25, -0.2) is 13.6 Å². The zero-order chi connectivity index (χ0) is 18.6. The maximum absolute atomic E-state index is 14.6. The van der Waals surface area contributed by atoms with Gasteiger partial charge >= 0.3 is 6.03 Å². The average molecular weight is 384 g/mol. The lowest BCUT2D eigenvalue weighted by Gasteiger charge is -2.34. The first-order valence-corrected chi connectivity index (χ1v) is 9.20. The first kappa shape index (κ1) is 17.5. The van der Waals surface area contributed by atoms with Crippen LogP contribution in [0.15, 0.2) is 12.1 Å². The van der Waals surface area contributed by atoms with Gasteiger partial charge in [0.2, 0.25) is 5.91 Å². The molecule has 0 unspecified atom stereocenters. The molecule has 26 heavy (non-hydrogen) atoms. The Labute approximate surface area is 155 Å². The number of benzene rings is 1. The molecule has 2 aliphatic carbocycles. The topological polar surface area (TPSA) is 61.4 Å². The minimum absolute atomic E-state index is 0.108. The summed E-state index contributed by atoms with van der Waals surface area (Å²) in [6, 6.07) is 0.876. The van der Waals surface area contributed by atoms with Crippen molar-refractivity contribution in [3.05, 3.63) is 34.4 Å². The molecule has 5 nitrogen and oxygen atoms in total. The fourth-order valence-corrected chi connectivity index (χ4v) is 4.21. The van der Waals surface area contributed by atoms with E-state index in [9.17, 15) is 18.4 Å². The summed E-state index contributed by atoms with van der Waals surface area (Å²) in [6.07, 6.45) is 3.02. The van der Waals surface area contributed by atoms with Gasteiger partial charge in [-0.1, -0.05) is 17.7 Å². The number of nitrogens with one attached hydrogen (secondary N) is 2. The maximum atomic E-state index is 14.6. The highest BCUT2D eigenvalue weighted by Gasteiger charge is 2.65. The molecule has 3 atom stereocenters. The second-order valence-electron chi connectivity index (χ2n) is 7.53. The van der Waals surface area contributed by atoms with Gasteiger partial charge in [-0.2, -0.15) is 0 Å². The quantitative estimate of drug-likeness (QED) is 0.788. The van der Waals surface area contributed by atoms with Gasteiger partial charge in [0.1, 0.15) is 22.7 Å². The summed E-state index contributed by atoms with van der Waals surface area (Å²) in [4.78, 5) is 26.0. The Hall–Kier alpha value is -1.89. The van der Waals surface area contributed by atoms with Crippen LogP contribution in [-0.2, 0) is 4.79 Å². The van der Waals surface area contributed by atoms with E-state index in [0.29, 0.717) is 13.1 Å². The number of hydrogen-bond donors (Lipinski definition) is 2. The first-order valence-electron chi connectivity index (χ1n) is 8.82. The third-order valence-corrected chi connectivity index (χ3v) is 6.33. The van der Waals surface area contributed by atoms with E-state index >= 15 is 0 Å². The number of carbonyl (C=O) groups is 2. The van der Waals surface area contributed by atoms with Crippen molar-refractivity contribution in [2.45, 2.75) is 38.3 Å². The number of carbonyl (C=O) groups excluding carboxylic acids is 2. The molecule has 3 fully saturated rings. The molecule has 3 aliphatic rings. The van der Waals surface area contributed by atoms with E-state index in [1.54, 1.807) is 6.92 Å². The summed E-state index contributed by atoms with van der Waals surface area (Å²) < 4.78 is 28.1. The lowest BCUT2D eigenvalue weighted by Crippen LogP contribution is -2.58. The highest BCUT2D eigenvalue weighted by Crippen LogP contribution is 2.74. The molecule has 2 saturated carbocycles. The molecule has 1 spiro atoms. The molecule has 4 rings (SSSR count). The van der Waals surface area contributed by atoms with Crippen LogP contribution in [0.5, 0.6) is 0 Å². The van der Waals surface area contributed by atoms with E-state index in [2.05, 4.69) is 10.6 Å². The fourth-order valence-electron chi connectivity index (χ4n) is 4.04. The van der Waals surface area contributed by atoms with E-state index in [0.717, 1.165) is 25.3 Å². The van der Waals surface area contributed by atoms with Gasteiger partial charge in [-0.15, -0.1) is 0 Å². The zero-order valence-electron chi connectivity index (χ0n) is 14.3. The standard InChI is InChI=1S/C18H20ClF2N3O2/c1-9-16(25)22-6-7-24(9)17(26)23-15(11-8-18(11)4-5-18)10-2-3-12(20)13(19)14(10)21/h2-3,9,11,15H,4-8H2,1H3,(H,22,25)(H,23,26)/t9-,11-,15+/m1/s1. The van der Waals surface area contributed by atoms with E-state index in [4.69, 9.17) is 11.6 Å². The first-order chi connectivity index (χ1) is 12.3. The second-order valence-corrected chi connectivity index (χ2v) is 7.90. The lowest BCUT2D eigenvalue weighted by molar-refractivity contribution is -0.126. The largest absolute Gasteiger partial charge is 0.353 e. The van der Waals surface area contributed by atoms with Crippen LogP contribution in [0.2, 0.25) is 5.02 Å². The predicted octanol–water partition coefficient (Wildman–Crippen LogP) is 2.99. The van der Waals surface area contributed by atoms with Crippen molar-refractivity contribution in [3.63, 3.8) is 0 Å². The molecule has 1 heterocycles. The maximum Gasteiger partial charge on any atom is 0.318 e. The van der Waals surface area contributed by atoms with Crippen molar-refractivity contribution in [2.24, 2.45) is 11.3 Å². The summed E-state index contributed by atoms with van der Waals surface area (Å²) >= 11 is 5.74. The van der Waals surface area contributed by atoms with Gasteiger partial charge in [-0.3, -0.25) is 4.79 Å². The molecule has 1 aromatic rings. The number of amides is 3. The number of hydrogen-bond acceptors (Lipinski definition) is 2. The summed E-state index contributed by atoms with van der Waals surface area (Å²) in [5, 5.41) is 5.03. The number of halogens is 3. The normalized spacial score (nSPS) is 27.1. The van der Waals surface area contributed by atoms with Crippen molar-refractivity contribution in [2.75, 3.05) is 13.1 Å². The number of nitrogens with zero attached hydrogens (tertiary/aromatic N) is 1. The van der Waals surface area contributed by atoms with E-state index in [1.807, 2.05) is 0 Å². The van der Waals surface area contributed by atoms with Crippen molar-refractivity contribution in [3.8, 4) is 0 Å². The second kappa shape index (κ2) is 6.08. The number of urea groups is 1.